The van der Waals surface area contributed by atoms with E-state index in [0.29, 0.717) is 28.3 Å². The molecule has 27 heavy (non-hydrogen) atoms. The summed E-state index contributed by atoms with van der Waals surface area (Å²) in [6.07, 6.45) is 0. The second-order valence-electron chi connectivity index (χ2n) is 6.14. The zero-order valence-electron chi connectivity index (χ0n) is 15.3. The maximum Gasteiger partial charge on any atom is 0.255 e. The molecule has 142 valence electrons. The van der Waals surface area contributed by atoms with Crippen LogP contribution in [0.5, 0.6) is 5.75 Å². The lowest BCUT2D eigenvalue weighted by atomic mass is 10.1. The van der Waals surface area contributed by atoms with Crippen molar-refractivity contribution in [1.29, 1.82) is 5.41 Å². The van der Waals surface area contributed by atoms with Gasteiger partial charge < -0.3 is 26.8 Å². The fourth-order valence-electron chi connectivity index (χ4n) is 2.52. The van der Waals surface area contributed by atoms with Crippen molar-refractivity contribution in [2.24, 2.45) is 11.5 Å². The molecular formula is C19H23N5O3. The number of nitrogens with two attached hydrogens (primary N) is 3. The van der Waals surface area contributed by atoms with Gasteiger partial charge in [-0.2, -0.15) is 0 Å². The molecule has 2 aromatic rings. The van der Waals surface area contributed by atoms with Crippen molar-refractivity contribution >= 4 is 29.0 Å². The molecule has 0 aromatic heterocycles. The summed E-state index contributed by atoms with van der Waals surface area (Å²) in [5.41, 5.74) is 19.8. The highest BCUT2D eigenvalue weighted by atomic mass is 16.5. The Labute approximate surface area is 157 Å². The maximum absolute atomic E-state index is 12.2. The number of nitrogens with one attached hydrogen (secondary N) is 1. The lowest BCUT2D eigenvalue weighted by Crippen LogP contribution is -2.28. The number of primary amides is 1. The number of rotatable bonds is 7. The van der Waals surface area contributed by atoms with Gasteiger partial charge in [0.2, 0.25) is 5.91 Å². The van der Waals surface area contributed by atoms with Gasteiger partial charge >= 0.3 is 0 Å². The number of nitrogen functional groups attached to an aromatic ring is 2. The number of anilines is 2. The normalized spacial score (nSPS) is 10.3. The molecule has 0 spiro atoms. The molecule has 0 bridgehead atoms. The number of hydrogen-bond donors (Lipinski definition) is 4. The molecule has 2 aromatic carbocycles. The molecule has 0 fully saturated rings. The number of amides is 2. The van der Waals surface area contributed by atoms with Gasteiger partial charge in [-0.15, -0.1) is 0 Å². The Morgan fingerprint density at radius 2 is 1.85 bits per heavy atom. The molecule has 7 N–H and O–H groups in total. The van der Waals surface area contributed by atoms with E-state index in [4.69, 9.17) is 27.3 Å². The zero-order valence-corrected chi connectivity index (χ0v) is 15.3. The van der Waals surface area contributed by atoms with Crippen LogP contribution in [0, 0.1) is 12.3 Å². The molecule has 0 unspecified atom stereocenters. The maximum atomic E-state index is 12.2. The van der Waals surface area contributed by atoms with Gasteiger partial charge in [0, 0.05) is 29.4 Å². The second-order valence-corrected chi connectivity index (χ2v) is 6.14. The van der Waals surface area contributed by atoms with Gasteiger partial charge in [-0.1, -0.05) is 12.1 Å². The van der Waals surface area contributed by atoms with Crippen LogP contribution in [-0.4, -0.2) is 24.3 Å². The van der Waals surface area contributed by atoms with Crippen LogP contribution in [0.15, 0.2) is 36.4 Å². The largest absolute Gasteiger partial charge is 0.483 e. The fourth-order valence-corrected chi connectivity index (χ4v) is 2.52. The molecule has 0 heterocycles. The van der Waals surface area contributed by atoms with E-state index in [0.717, 1.165) is 5.56 Å². The number of hydrogen-bond acceptors (Lipinski definition) is 5. The Morgan fingerprint density at radius 3 is 2.41 bits per heavy atom. The highest BCUT2D eigenvalue weighted by Crippen LogP contribution is 2.27. The summed E-state index contributed by atoms with van der Waals surface area (Å²) in [4.78, 5) is 24.9. The minimum Gasteiger partial charge on any atom is -0.483 e. The summed E-state index contributed by atoms with van der Waals surface area (Å²) in [5.74, 6) is -0.606. The summed E-state index contributed by atoms with van der Waals surface area (Å²) >= 11 is 0. The first-order valence-electron chi connectivity index (χ1n) is 8.21. The molecule has 0 atom stereocenters. The predicted octanol–water partition coefficient (Wildman–Crippen LogP) is 1.28. The van der Waals surface area contributed by atoms with Crippen molar-refractivity contribution in [1.82, 2.24) is 0 Å². The molecule has 0 aliphatic rings. The average Bonchev–Trinajstić information content (AvgIpc) is 2.60. The number of nitrogens with zero attached hydrogens (tertiary/aromatic N) is 1. The quantitative estimate of drug-likeness (QED) is 0.329. The van der Waals surface area contributed by atoms with Gasteiger partial charge in [0.15, 0.2) is 6.61 Å². The summed E-state index contributed by atoms with van der Waals surface area (Å²) in [5, 5.41) is 7.56. The SMILES string of the molecule is CC(=O)N(Cc1ccc(C(=N)N)cc1OCC(N)=O)c1ccc(N)c(C)c1. The Hall–Kier alpha value is -3.55. The van der Waals surface area contributed by atoms with Crippen LogP contribution in [0.4, 0.5) is 11.4 Å². The van der Waals surface area contributed by atoms with Crippen LogP contribution >= 0.6 is 0 Å². The Kier molecular flexibility index (Phi) is 6.02. The van der Waals surface area contributed by atoms with Gasteiger partial charge in [0.1, 0.15) is 11.6 Å². The van der Waals surface area contributed by atoms with E-state index in [9.17, 15) is 9.59 Å². The van der Waals surface area contributed by atoms with Gasteiger partial charge in [0.05, 0.1) is 6.54 Å². The third-order valence-electron chi connectivity index (χ3n) is 4.02. The first-order chi connectivity index (χ1) is 12.7. The Balaban J connectivity index is 2.41. The van der Waals surface area contributed by atoms with Crippen LogP contribution in [-0.2, 0) is 16.1 Å². The lowest BCUT2D eigenvalue weighted by Gasteiger charge is -2.23. The fraction of sp³-hybridized carbons (Fsp3) is 0.211. The van der Waals surface area contributed by atoms with Crippen molar-refractivity contribution in [2.45, 2.75) is 20.4 Å². The first-order valence-corrected chi connectivity index (χ1v) is 8.21. The molecule has 0 radical (unpaired) electrons. The lowest BCUT2D eigenvalue weighted by molar-refractivity contribution is -0.120. The van der Waals surface area contributed by atoms with Crippen molar-refractivity contribution in [3.8, 4) is 5.75 Å². The van der Waals surface area contributed by atoms with Crippen LogP contribution in [0.1, 0.15) is 23.6 Å². The van der Waals surface area contributed by atoms with E-state index in [1.807, 2.05) is 13.0 Å². The number of carbonyl (C=O) groups excluding carboxylic acids is 2. The summed E-state index contributed by atoms with van der Waals surface area (Å²) in [6.45, 7) is 3.19. The number of benzene rings is 2. The standard InChI is InChI=1S/C19H23N5O3/c1-11-7-15(5-6-16(11)20)24(12(2)25)9-14-4-3-13(19(22)23)8-17(14)27-10-18(21)26/h3-8H,9-10,20H2,1-2H3,(H2,21,26)(H3,22,23). The molecule has 2 rings (SSSR count). The summed E-state index contributed by atoms with van der Waals surface area (Å²) in [6, 6.07) is 10.2. The van der Waals surface area contributed by atoms with Crippen LogP contribution < -0.4 is 26.8 Å². The highest BCUT2D eigenvalue weighted by Gasteiger charge is 2.17. The molecule has 8 heteroatoms. The van der Waals surface area contributed by atoms with E-state index in [1.54, 1.807) is 35.2 Å². The molecular weight excluding hydrogens is 346 g/mol. The van der Waals surface area contributed by atoms with E-state index >= 15 is 0 Å². The van der Waals surface area contributed by atoms with Gasteiger partial charge in [-0.25, -0.2) is 0 Å². The second kappa shape index (κ2) is 8.22. The molecule has 2 amide bonds. The first kappa shape index (κ1) is 19.8. The van der Waals surface area contributed by atoms with Crippen LogP contribution in [0.3, 0.4) is 0 Å². The van der Waals surface area contributed by atoms with E-state index in [2.05, 4.69) is 0 Å². The van der Waals surface area contributed by atoms with Crippen molar-refractivity contribution in [3.63, 3.8) is 0 Å². The number of amidine groups is 1. The molecule has 0 saturated heterocycles. The van der Waals surface area contributed by atoms with E-state index in [-0.39, 0.29) is 24.9 Å². The topological polar surface area (TPSA) is 149 Å². The summed E-state index contributed by atoms with van der Waals surface area (Å²) < 4.78 is 5.46. The third-order valence-corrected chi connectivity index (χ3v) is 4.02. The van der Waals surface area contributed by atoms with Gasteiger partial charge in [-0.3, -0.25) is 15.0 Å². The van der Waals surface area contributed by atoms with Crippen LogP contribution in [0.2, 0.25) is 0 Å². The number of aryl methyl sites for hydroxylation is 1. The minimum atomic E-state index is -0.633. The molecule has 0 aliphatic carbocycles. The van der Waals surface area contributed by atoms with E-state index < -0.39 is 5.91 Å². The Morgan fingerprint density at radius 1 is 1.15 bits per heavy atom. The average molecular weight is 369 g/mol. The summed E-state index contributed by atoms with van der Waals surface area (Å²) in [7, 11) is 0. The highest BCUT2D eigenvalue weighted by molar-refractivity contribution is 5.95. The molecule has 8 nitrogen and oxygen atoms in total. The van der Waals surface area contributed by atoms with Crippen molar-refractivity contribution in [2.75, 3.05) is 17.2 Å². The molecule has 0 aliphatic heterocycles. The smallest absolute Gasteiger partial charge is 0.255 e. The van der Waals surface area contributed by atoms with E-state index in [1.165, 1.54) is 6.92 Å². The van der Waals surface area contributed by atoms with Crippen LogP contribution in [0.25, 0.3) is 0 Å². The monoisotopic (exact) mass is 369 g/mol. The number of ether oxygens (including phenoxy) is 1. The molecule has 0 saturated carbocycles. The third kappa shape index (κ3) is 4.97. The van der Waals surface area contributed by atoms with Gasteiger partial charge in [-0.05, 0) is 36.8 Å². The number of carbonyl (C=O) groups is 2. The predicted molar refractivity (Wildman–Crippen MR) is 105 cm³/mol. The van der Waals surface area contributed by atoms with Crippen molar-refractivity contribution in [3.05, 3.63) is 53.1 Å². The Bertz CT molecular complexity index is 895. The van der Waals surface area contributed by atoms with Crippen molar-refractivity contribution < 1.29 is 14.3 Å². The zero-order chi connectivity index (χ0) is 20.1. The minimum absolute atomic E-state index is 0.136. The van der Waals surface area contributed by atoms with Gasteiger partial charge in [0.25, 0.3) is 5.91 Å².